The van der Waals surface area contributed by atoms with E-state index in [9.17, 15) is 0 Å². The van der Waals surface area contributed by atoms with Gasteiger partial charge in [0.15, 0.2) is 0 Å². The molecule has 0 aliphatic heterocycles. The fraction of sp³-hybridized carbons (Fsp3) is 0.333. The molecule has 2 rings (SSSR count). The molecule has 0 spiro atoms. The highest BCUT2D eigenvalue weighted by atomic mass is 35.5. The molecule has 0 N–H and O–H groups in total. The topological polar surface area (TPSA) is 9.23 Å². The lowest BCUT2D eigenvalue weighted by atomic mass is 10.0. The average Bonchev–Trinajstić information content (AvgIpc) is 2.47. The number of alkyl halides is 1. The summed E-state index contributed by atoms with van der Waals surface area (Å²) in [7, 11) is 0. The molecule has 0 fully saturated rings. The Labute approximate surface area is 126 Å². The summed E-state index contributed by atoms with van der Waals surface area (Å²) >= 11 is 6.06. The minimum atomic E-state index is 0.363. The summed E-state index contributed by atoms with van der Waals surface area (Å²) in [5.41, 5.74) is 3.83. The summed E-state index contributed by atoms with van der Waals surface area (Å²) in [5.74, 6) is 0.991. The van der Waals surface area contributed by atoms with Crippen LogP contribution in [0.3, 0.4) is 0 Å². The van der Waals surface area contributed by atoms with Crippen molar-refractivity contribution in [2.45, 2.75) is 20.0 Å². The lowest BCUT2D eigenvalue weighted by molar-refractivity contribution is 0.0931. The van der Waals surface area contributed by atoms with Gasteiger partial charge in [-0.3, -0.25) is 0 Å². The average molecular weight is 289 g/mol. The van der Waals surface area contributed by atoms with Gasteiger partial charge in [0.2, 0.25) is 0 Å². The quantitative estimate of drug-likeness (QED) is 0.676. The molecule has 106 valence electrons. The van der Waals surface area contributed by atoms with Crippen LogP contribution in [0.15, 0.2) is 54.6 Å². The van der Waals surface area contributed by atoms with Gasteiger partial charge in [0.05, 0.1) is 13.2 Å². The van der Waals surface area contributed by atoms with Crippen LogP contribution < -0.4 is 0 Å². The smallest absolute Gasteiger partial charge is 0.0717 e. The van der Waals surface area contributed by atoms with Crippen LogP contribution in [0.4, 0.5) is 0 Å². The van der Waals surface area contributed by atoms with Gasteiger partial charge in [-0.25, -0.2) is 0 Å². The molecule has 2 aromatic carbocycles. The molecular formula is C18H21ClO. The van der Waals surface area contributed by atoms with Crippen molar-refractivity contribution >= 4 is 11.6 Å². The number of rotatable bonds is 7. The molecule has 0 radical (unpaired) electrons. The predicted molar refractivity (Wildman–Crippen MR) is 85.2 cm³/mol. The maximum absolute atomic E-state index is 6.06. The van der Waals surface area contributed by atoms with Crippen LogP contribution in [0, 0.1) is 12.8 Å². The Hall–Kier alpha value is -1.31. The van der Waals surface area contributed by atoms with Crippen LogP contribution in [0.5, 0.6) is 0 Å². The normalized spacial score (nSPS) is 12.3. The molecule has 1 nitrogen and oxygen atoms in total. The van der Waals surface area contributed by atoms with Crippen molar-refractivity contribution in [1.82, 2.24) is 0 Å². The molecule has 2 aromatic rings. The lowest BCUT2D eigenvalue weighted by Crippen LogP contribution is -2.14. The maximum Gasteiger partial charge on any atom is 0.0717 e. The molecule has 0 saturated heterocycles. The third-order valence-corrected chi connectivity index (χ3v) is 3.73. The summed E-state index contributed by atoms with van der Waals surface area (Å²) in [6.45, 7) is 3.47. The van der Waals surface area contributed by atoms with Crippen LogP contribution in [-0.2, 0) is 17.8 Å². The highest BCUT2D eigenvalue weighted by Crippen LogP contribution is 2.13. The van der Waals surface area contributed by atoms with Crippen LogP contribution in [0.1, 0.15) is 16.7 Å². The van der Waals surface area contributed by atoms with E-state index in [4.69, 9.17) is 16.3 Å². The van der Waals surface area contributed by atoms with Crippen LogP contribution in [0.2, 0.25) is 0 Å². The minimum absolute atomic E-state index is 0.363. The van der Waals surface area contributed by atoms with Gasteiger partial charge >= 0.3 is 0 Å². The summed E-state index contributed by atoms with van der Waals surface area (Å²) in [4.78, 5) is 0. The first kappa shape index (κ1) is 15.1. The van der Waals surface area contributed by atoms with E-state index < -0.39 is 0 Å². The Morgan fingerprint density at radius 1 is 1.00 bits per heavy atom. The molecule has 1 atom stereocenters. The van der Waals surface area contributed by atoms with Crippen LogP contribution in [-0.4, -0.2) is 12.5 Å². The van der Waals surface area contributed by atoms with Gasteiger partial charge in [-0.2, -0.15) is 0 Å². The summed E-state index contributed by atoms with van der Waals surface area (Å²) < 4.78 is 5.79. The molecule has 1 unspecified atom stereocenters. The molecule has 20 heavy (non-hydrogen) atoms. The van der Waals surface area contributed by atoms with Crippen LogP contribution in [0.25, 0.3) is 0 Å². The number of ether oxygens (including phenoxy) is 1. The summed E-state index contributed by atoms with van der Waals surface area (Å²) in [6, 6.07) is 18.8. The number of aryl methyl sites for hydroxylation is 1. The zero-order chi connectivity index (χ0) is 14.2. The van der Waals surface area contributed by atoms with Crippen molar-refractivity contribution in [3.8, 4) is 0 Å². The Bertz CT molecular complexity index is 510. The van der Waals surface area contributed by atoms with Crippen molar-refractivity contribution < 1.29 is 4.74 Å². The van der Waals surface area contributed by atoms with Gasteiger partial charge < -0.3 is 4.74 Å². The van der Waals surface area contributed by atoms with Crippen molar-refractivity contribution in [2.75, 3.05) is 12.5 Å². The van der Waals surface area contributed by atoms with Gasteiger partial charge in [0.25, 0.3) is 0 Å². The Kier molecular flexibility index (Phi) is 6.10. The summed E-state index contributed by atoms with van der Waals surface area (Å²) in [6.07, 6.45) is 0.972. The van der Waals surface area contributed by atoms with Gasteiger partial charge in [-0.15, -0.1) is 11.6 Å². The molecule has 0 aliphatic carbocycles. The summed E-state index contributed by atoms with van der Waals surface area (Å²) in [5, 5.41) is 0. The number of hydrogen-bond donors (Lipinski definition) is 0. The van der Waals surface area contributed by atoms with E-state index in [1.807, 2.05) is 18.2 Å². The van der Waals surface area contributed by atoms with Crippen molar-refractivity contribution in [3.63, 3.8) is 0 Å². The zero-order valence-corrected chi connectivity index (χ0v) is 12.6. The Morgan fingerprint density at radius 3 is 2.45 bits per heavy atom. The third-order valence-electron chi connectivity index (χ3n) is 3.29. The fourth-order valence-electron chi connectivity index (χ4n) is 2.25. The standard InChI is InChI=1S/C18H21ClO/c1-15-6-5-9-17(10-15)11-18(12-19)14-20-13-16-7-3-2-4-8-16/h2-10,18H,11-14H2,1H3. The second-order valence-electron chi connectivity index (χ2n) is 5.21. The first-order valence-corrected chi connectivity index (χ1v) is 7.54. The number of hydrogen-bond acceptors (Lipinski definition) is 1. The molecule has 0 saturated carbocycles. The number of benzene rings is 2. The SMILES string of the molecule is Cc1cccc(CC(CCl)COCc2ccccc2)c1. The second-order valence-corrected chi connectivity index (χ2v) is 5.52. The van der Waals surface area contributed by atoms with E-state index in [2.05, 4.69) is 43.3 Å². The molecule has 2 heteroatoms. The van der Waals surface area contributed by atoms with E-state index >= 15 is 0 Å². The van der Waals surface area contributed by atoms with E-state index in [1.165, 1.54) is 16.7 Å². The predicted octanol–water partition coefficient (Wildman–Crippen LogP) is 4.61. The number of halogens is 1. The third kappa shape index (κ3) is 4.99. The van der Waals surface area contributed by atoms with E-state index in [0.717, 1.165) is 6.42 Å². The molecule has 0 aromatic heterocycles. The Morgan fingerprint density at radius 2 is 1.75 bits per heavy atom. The Balaban J connectivity index is 1.80. The highest BCUT2D eigenvalue weighted by Gasteiger charge is 2.09. The van der Waals surface area contributed by atoms with E-state index in [-0.39, 0.29) is 0 Å². The largest absolute Gasteiger partial charge is 0.376 e. The van der Waals surface area contributed by atoms with Crippen molar-refractivity contribution in [1.29, 1.82) is 0 Å². The second kappa shape index (κ2) is 8.08. The molecular weight excluding hydrogens is 268 g/mol. The highest BCUT2D eigenvalue weighted by molar-refractivity contribution is 6.18. The molecule has 0 aliphatic rings. The molecule has 0 bridgehead atoms. The first-order chi connectivity index (χ1) is 9.78. The molecule has 0 amide bonds. The monoisotopic (exact) mass is 288 g/mol. The van der Waals surface area contributed by atoms with Crippen molar-refractivity contribution in [2.24, 2.45) is 5.92 Å². The fourth-order valence-corrected chi connectivity index (χ4v) is 2.45. The van der Waals surface area contributed by atoms with E-state index in [1.54, 1.807) is 0 Å². The molecule has 0 heterocycles. The zero-order valence-electron chi connectivity index (χ0n) is 11.9. The minimum Gasteiger partial charge on any atom is -0.376 e. The first-order valence-electron chi connectivity index (χ1n) is 7.01. The van der Waals surface area contributed by atoms with Crippen LogP contribution >= 0.6 is 11.6 Å². The van der Waals surface area contributed by atoms with Gasteiger partial charge in [0, 0.05) is 5.88 Å². The van der Waals surface area contributed by atoms with E-state index in [0.29, 0.717) is 25.0 Å². The lowest BCUT2D eigenvalue weighted by Gasteiger charge is -2.15. The maximum atomic E-state index is 6.06. The van der Waals surface area contributed by atoms with Gasteiger partial charge in [0.1, 0.15) is 0 Å². The van der Waals surface area contributed by atoms with Gasteiger partial charge in [-0.05, 0) is 30.4 Å². The van der Waals surface area contributed by atoms with Crippen molar-refractivity contribution in [3.05, 3.63) is 71.3 Å². The van der Waals surface area contributed by atoms with Gasteiger partial charge in [-0.1, -0.05) is 60.2 Å².